The SMILES string of the molecule is CC(C)(NC(=O)c1ccc(N)cc1N)c1nccs1. The maximum absolute atomic E-state index is 12.2. The number of nitrogen functional groups attached to an aromatic ring is 2. The quantitative estimate of drug-likeness (QED) is 0.747. The Bertz CT molecular complexity index is 593. The van der Waals surface area contributed by atoms with Gasteiger partial charge in [0, 0.05) is 23.0 Å². The monoisotopic (exact) mass is 276 g/mol. The van der Waals surface area contributed by atoms with Crippen LogP contribution in [0.4, 0.5) is 11.4 Å². The molecule has 0 bridgehead atoms. The molecule has 1 aromatic heterocycles. The predicted molar refractivity (Wildman–Crippen MR) is 77.9 cm³/mol. The molecule has 100 valence electrons. The minimum Gasteiger partial charge on any atom is -0.399 e. The molecule has 19 heavy (non-hydrogen) atoms. The van der Waals surface area contributed by atoms with E-state index in [1.54, 1.807) is 24.4 Å². The number of hydrogen-bond donors (Lipinski definition) is 3. The van der Waals surface area contributed by atoms with Gasteiger partial charge in [-0.1, -0.05) is 0 Å². The van der Waals surface area contributed by atoms with Gasteiger partial charge in [0.2, 0.25) is 0 Å². The van der Waals surface area contributed by atoms with Crippen LogP contribution in [0.5, 0.6) is 0 Å². The molecule has 0 spiro atoms. The molecule has 1 amide bonds. The number of amides is 1. The minimum atomic E-state index is -0.543. The first-order valence-corrected chi connectivity index (χ1v) is 6.65. The number of nitrogens with one attached hydrogen (secondary N) is 1. The van der Waals surface area contributed by atoms with Crippen molar-refractivity contribution < 1.29 is 4.79 Å². The van der Waals surface area contributed by atoms with Crippen molar-refractivity contribution in [1.29, 1.82) is 0 Å². The summed E-state index contributed by atoms with van der Waals surface area (Å²) in [7, 11) is 0. The highest BCUT2D eigenvalue weighted by molar-refractivity contribution is 7.09. The van der Waals surface area contributed by atoms with Crippen molar-refractivity contribution >= 4 is 28.6 Å². The molecular formula is C13H16N4OS. The first-order valence-electron chi connectivity index (χ1n) is 5.77. The fourth-order valence-electron chi connectivity index (χ4n) is 1.72. The summed E-state index contributed by atoms with van der Waals surface area (Å²) in [4.78, 5) is 16.5. The summed E-state index contributed by atoms with van der Waals surface area (Å²) in [5, 5.41) is 5.64. The first kappa shape index (κ1) is 13.4. The van der Waals surface area contributed by atoms with Crippen LogP contribution < -0.4 is 16.8 Å². The molecule has 1 heterocycles. The summed E-state index contributed by atoms with van der Waals surface area (Å²) in [6.07, 6.45) is 1.71. The molecule has 6 heteroatoms. The Labute approximate surface area is 115 Å². The molecule has 0 aliphatic heterocycles. The molecule has 0 radical (unpaired) electrons. The predicted octanol–water partition coefficient (Wildman–Crippen LogP) is 1.97. The van der Waals surface area contributed by atoms with E-state index < -0.39 is 5.54 Å². The molecule has 0 saturated heterocycles. The smallest absolute Gasteiger partial charge is 0.254 e. The van der Waals surface area contributed by atoms with Crippen molar-refractivity contribution in [2.45, 2.75) is 19.4 Å². The number of benzene rings is 1. The molecule has 2 rings (SSSR count). The second-order valence-corrected chi connectivity index (χ2v) is 5.66. The number of nitrogens with zero attached hydrogens (tertiary/aromatic N) is 1. The fraction of sp³-hybridized carbons (Fsp3) is 0.231. The largest absolute Gasteiger partial charge is 0.399 e. The van der Waals surface area contributed by atoms with Crippen molar-refractivity contribution in [3.63, 3.8) is 0 Å². The van der Waals surface area contributed by atoms with Gasteiger partial charge in [0.1, 0.15) is 5.01 Å². The molecule has 2 aromatic rings. The third-order valence-electron chi connectivity index (χ3n) is 2.71. The highest BCUT2D eigenvalue weighted by Gasteiger charge is 2.26. The summed E-state index contributed by atoms with van der Waals surface area (Å²) >= 11 is 1.50. The Kier molecular flexibility index (Phi) is 3.44. The van der Waals surface area contributed by atoms with Crippen molar-refractivity contribution in [2.75, 3.05) is 11.5 Å². The van der Waals surface area contributed by atoms with Gasteiger partial charge in [-0.15, -0.1) is 11.3 Å². The average molecular weight is 276 g/mol. The van der Waals surface area contributed by atoms with E-state index in [1.165, 1.54) is 11.3 Å². The Morgan fingerprint density at radius 1 is 1.37 bits per heavy atom. The summed E-state index contributed by atoms with van der Waals surface area (Å²) < 4.78 is 0. The lowest BCUT2D eigenvalue weighted by atomic mass is 10.0. The van der Waals surface area contributed by atoms with E-state index in [1.807, 2.05) is 19.2 Å². The van der Waals surface area contributed by atoms with E-state index in [-0.39, 0.29) is 5.91 Å². The molecule has 0 saturated carbocycles. The first-order chi connectivity index (χ1) is 8.90. The summed E-state index contributed by atoms with van der Waals surface area (Å²) in [5.41, 5.74) is 12.2. The summed E-state index contributed by atoms with van der Waals surface area (Å²) in [6, 6.07) is 4.85. The zero-order valence-electron chi connectivity index (χ0n) is 10.8. The van der Waals surface area contributed by atoms with Crippen LogP contribution in [0.15, 0.2) is 29.8 Å². The zero-order chi connectivity index (χ0) is 14.0. The number of aromatic nitrogens is 1. The van der Waals surface area contributed by atoms with Gasteiger partial charge in [-0.05, 0) is 32.0 Å². The molecular weight excluding hydrogens is 260 g/mol. The second-order valence-electron chi connectivity index (χ2n) is 4.76. The summed E-state index contributed by atoms with van der Waals surface area (Å²) in [5.74, 6) is -0.238. The van der Waals surface area contributed by atoms with E-state index in [9.17, 15) is 4.79 Å². The van der Waals surface area contributed by atoms with Crippen molar-refractivity contribution in [2.24, 2.45) is 0 Å². The molecule has 0 unspecified atom stereocenters. The van der Waals surface area contributed by atoms with Crippen LogP contribution in [-0.4, -0.2) is 10.9 Å². The Balaban J connectivity index is 2.21. The maximum Gasteiger partial charge on any atom is 0.254 e. The lowest BCUT2D eigenvalue weighted by Gasteiger charge is -2.24. The van der Waals surface area contributed by atoms with Gasteiger partial charge in [0.25, 0.3) is 5.91 Å². The maximum atomic E-state index is 12.2. The highest BCUT2D eigenvalue weighted by Crippen LogP contribution is 2.23. The van der Waals surface area contributed by atoms with E-state index in [0.29, 0.717) is 16.9 Å². The zero-order valence-corrected chi connectivity index (χ0v) is 11.6. The molecule has 0 atom stereocenters. The van der Waals surface area contributed by atoms with Crippen molar-refractivity contribution in [3.05, 3.63) is 40.3 Å². The van der Waals surface area contributed by atoms with E-state index in [0.717, 1.165) is 5.01 Å². The van der Waals surface area contributed by atoms with Crippen LogP contribution in [-0.2, 0) is 5.54 Å². The Morgan fingerprint density at radius 2 is 2.11 bits per heavy atom. The van der Waals surface area contributed by atoms with Gasteiger partial charge in [0.15, 0.2) is 0 Å². The van der Waals surface area contributed by atoms with Gasteiger partial charge < -0.3 is 16.8 Å². The van der Waals surface area contributed by atoms with Gasteiger partial charge >= 0.3 is 0 Å². The van der Waals surface area contributed by atoms with Gasteiger partial charge in [-0.3, -0.25) is 4.79 Å². The second kappa shape index (κ2) is 4.89. The van der Waals surface area contributed by atoms with E-state index >= 15 is 0 Å². The molecule has 0 aliphatic carbocycles. The van der Waals surface area contributed by atoms with E-state index in [4.69, 9.17) is 11.5 Å². The molecule has 1 aromatic carbocycles. The van der Waals surface area contributed by atoms with Crippen LogP contribution >= 0.6 is 11.3 Å². The average Bonchev–Trinajstić information content (AvgIpc) is 2.81. The number of hydrogen-bond acceptors (Lipinski definition) is 5. The van der Waals surface area contributed by atoms with Gasteiger partial charge in [0.05, 0.1) is 11.1 Å². The van der Waals surface area contributed by atoms with Gasteiger partial charge in [-0.25, -0.2) is 4.98 Å². The van der Waals surface area contributed by atoms with Crippen molar-refractivity contribution in [1.82, 2.24) is 10.3 Å². The molecule has 5 nitrogen and oxygen atoms in total. The number of anilines is 2. The van der Waals surface area contributed by atoms with Crippen LogP contribution in [0.3, 0.4) is 0 Å². The lowest BCUT2D eigenvalue weighted by Crippen LogP contribution is -2.41. The topological polar surface area (TPSA) is 94.0 Å². The van der Waals surface area contributed by atoms with Crippen LogP contribution in [0, 0.1) is 0 Å². The fourth-order valence-corrected chi connectivity index (χ4v) is 2.44. The number of rotatable bonds is 3. The number of nitrogens with two attached hydrogens (primary N) is 2. The minimum absolute atomic E-state index is 0.238. The third-order valence-corrected chi connectivity index (χ3v) is 3.81. The Morgan fingerprint density at radius 3 is 2.68 bits per heavy atom. The third kappa shape index (κ3) is 2.85. The molecule has 5 N–H and O–H groups in total. The Hall–Kier alpha value is -2.08. The van der Waals surface area contributed by atoms with Crippen LogP contribution in [0.2, 0.25) is 0 Å². The van der Waals surface area contributed by atoms with Gasteiger partial charge in [-0.2, -0.15) is 0 Å². The van der Waals surface area contributed by atoms with E-state index in [2.05, 4.69) is 10.3 Å². The lowest BCUT2D eigenvalue weighted by molar-refractivity contribution is 0.0913. The number of carbonyl (C=O) groups excluding carboxylic acids is 1. The number of carbonyl (C=O) groups is 1. The highest BCUT2D eigenvalue weighted by atomic mass is 32.1. The standard InChI is InChI=1S/C13H16N4OS/c1-13(2,12-16-5-6-19-12)17-11(18)9-4-3-8(14)7-10(9)15/h3-7H,14-15H2,1-2H3,(H,17,18). The van der Waals surface area contributed by atoms with Crippen LogP contribution in [0.1, 0.15) is 29.2 Å². The normalized spacial score (nSPS) is 11.3. The molecule has 0 fully saturated rings. The summed E-state index contributed by atoms with van der Waals surface area (Å²) in [6.45, 7) is 3.80. The van der Waals surface area contributed by atoms with Crippen molar-refractivity contribution in [3.8, 4) is 0 Å². The van der Waals surface area contributed by atoms with Crippen LogP contribution in [0.25, 0.3) is 0 Å². The number of thiazole rings is 1. The molecule has 0 aliphatic rings.